The summed E-state index contributed by atoms with van der Waals surface area (Å²) in [7, 11) is 0. The van der Waals surface area contributed by atoms with Crippen molar-refractivity contribution >= 4 is 6.16 Å². The van der Waals surface area contributed by atoms with E-state index < -0.39 is 6.16 Å². The molecule has 0 spiro atoms. The number of hydrogen-bond donors (Lipinski definition) is 2. The predicted octanol–water partition coefficient (Wildman–Crippen LogP) is 3.77. The molecule has 104 valence electrons. The normalized spacial score (nSPS) is 11.1. The number of hydrogen-bond acceptors (Lipinski definition) is 3. The van der Waals surface area contributed by atoms with Crippen LogP contribution in [0.1, 0.15) is 25.0 Å². The quantitative estimate of drug-likeness (QED) is 0.659. The highest BCUT2D eigenvalue weighted by Gasteiger charge is 2.23. The Morgan fingerprint density at radius 2 is 1.40 bits per heavy atom. The van der Waals surface area contributed by atoms with Gasteiger partial charge in [0, 0.05) is 5.41 Å². The fourth-order valence-corrected chi connectivity index (χ4v) is 2.09. The zero-order valence-corrected chi connectivity index (χ0v) is 11.3. The standard InChI is InChI=1S/C16H16O4/c1-16(2,11-3-7-13(17)8-4-11)12-5-9-14(10-6-12)20-15(18)19/h3-10,17H,1-2H3,(H,18,19). The van der Waals surface area contributed by atoms with Crippen molar-refractivity contribution in [1.82, 2.24) is 0 Å². The maximum atomic E-state index is 10.5. The minimum Gasteiger partial charge on any atom is -0.508 e. The molecule has 4 nitrogen and oxygen atoms in total. The molecule has 4 heteroatoms. The molecule has 2 aromatic carbocycles. The molecule has 0 radical (unpaired) electrons. The van der Waals surface area contributed by atoms with Crippen molar-refractivity contribution in [3.8, 4) is 11.5 Å². The molecule has 2 N–H and O–H groups in total. The first-order valence-corrected chi connectivity index (χ1v) is 6.20. The second kappa shape index (κ2) is 5.25. The van der Waals surface area contributed by atoms with Crippen LogP contribution in [0.15, 0.2) is 48.5 Å². The lowest BCUT2D eigenvalue weighted by Gasteiger charge is -2.26. The van der Waals surface area contributed by atoms with E-state index in [0.717, 1.165) is 11.1 Å². The second-order valence-electron chi connectivity index (χ2n) is 5.06. The highest BCUT2D eigenvalue weighted by atomic mass is 16.7. The summed E-state index contributed by atoms with van der Waals surface area (Å²) in [6.07, 6.45) is -1.32. The SMILES string of the molecule is CC(C)(c1ccc(O)cc1)c1ccc(OC(=O)O)cc1. The van der Waals surface area contributed by atoms with E-state index in [1.165, 1.54) is 0 Å². The Bertz CT molecular complexity index is 597. The fraction of sp³-hybridized carbons (Fsp3) is 0.188. The average molecular weight is 272 g/mol. The third kappa shape index (κ3) is 2.91. The van der Waals surface area contributed by atoms with Crippen molar-refractivity contribution in [2.75, 3.05) is 0 Å². The van der Waals surface area contributed by atoms with Crippen LogP contribution in [0.3, 0.4) is 0 Å². The topological polar surface area (TPSA) is 66.8 Å². The van der Waals surface area contributed by atoms with E-state index in [1.807, 2.05) is 24.3 Å². The van der Waals surface area contributed by atoms with Crippen LogP contribution < -0.4 is 4.74 Å². The zero-order valence-electron chi connectivity index (χ0n) is 11.3. The molecule has 0 aliphatic rings. The molecule has 20 heavy (non-hydrogen) atoms. The highest BCUT2D eigenvalue weighted by molar-refractivity contribution is 5.61. The van der Waals surface area contributed by atoms with E-state index in [1.54, 1.807) is 24.3 Å². The summed E-state index contributed by atoms with van der Waals surface area (Å²) in [5.74, 6) is 0.525. The van der Waals surface area contributed by atoms with Gasteiger partial charge in [0.25, 0.3) is 0 Å². The van der Waals surface area contributed by atoms with Gasteiger partial charge in [-0.2, -0.15) is 0 Å². The van der Waals surface area contributed by atoms with Gasteiger partial charge in [-0.05, 0) is 35.4 Å². The van der Waals surface area contributed by atoms with Crippen LogP contribution >= 0.6 is 0 Å². The number of aromatic hydroxyl groups is 1. The first-order chi connectivity index (χ1) is 9.39. The van der Waals surface area contributed by atoms with E-state index in [-0.39, 0.29) is 11.2 Å². The lowest BCUT2D eigenvalue weighted by atomic mass is 9.78. The molecule has 0 aromatic heterocycles. The van der Waals surface area contributed by atoms with Gasteiger partial charge in [0.15, 0.2) is 0 Å². The molecule has 0 aliphatic carbocycles. The van der Waals surface area contributed by atoms with Gasteiger partial charge >= 0.3 is 6.16 Å². The molecule has 0 fully saturated rings. The molecule has 0 amide bonds. The molecule has 0 aliphatic heterocycles. The Kier molecular flexibility index (Phi) is 3.66. The van der Waals surface area contributed by atoms with Crippen molar-refractivity contribution in [2.45, 2.75) is 19.3 Å². The van der Waals surface area contributed by atoms with Crippen LogP contribution in [-0.4, -0.2) is 16.4 Å². The Morgan fingerprint density at radius 1 is 0.950 bits per heavy atom. The van der Waals surface area contributed by atoms with Gasteiger partial charge in [0.1, 0.15) is 11.5 Å². The van der Waals surface area contributed by atoms with Crippen LogP contribution in [0.25, 0.3) is 0 Å². The second-order valence-corrected chi connectivity index (χ2v) is 5.06. The van der Waals surface area contributed by atoms with Gasteiger partial charge in [-0.15, -0.1) is 0 Å². The van der Waals surface area contributed by atoms with Gasteiger partial charge in [0.2, 0.25) is 0 Å². The third-order valence-corrected chi connectivity index (χ3v) is 3.37. The Morgan fingerprint density at radius 3 is 1.85 bits per heavy atom. The van der Waals surface area contributed by atoms with Crippen LogP contribution in [0, 0.1) is 0 Å². The molecule has 2 rings (SSSR count). The number of ether oxygens (including phenoxy) is 1. The molecule has 0 unspecified atom stereocenters. The van der Waals surface area contributed by atoms with Gasteiger partial charge < -0.3 is 14.9 Å². The minimum atomic E-state index is -1.32. The maximum absolute atomic E-state index is 10.5. The molecule has 0 saturated carbocycles. The van der Waals surface area contributed by atoms with Crippen molar-refractivity contribution in [3.05, 3.63) is 59.7 Å². The van der Waals surface area contributed by atoms with E-state index in [4.69, 9.17) is 5.11 Å². The number of phenolic OH excluding ortho intramolecular Hbond substituents is 1. The van der Waals surface area contributed by atoms with Crippen LogP contribution in [0.5, 0.6) is 11.5 Å². The van der Waals surface area contributed by atoms with Crippen LogP contribution in [-0.2, 0) is 5.41 Å². The lowest BCUT2D eigenvalue weighted by molar-refractivity contribution is 0.144. The lowest BCUT2D eigenvalue weighted by Crippen LogP contribution is -2.18. The molecule has 0 atom stereocenters. The smallest absolute Gasteiger partial charge is 0.508 e. The van der Waals surface area contributed by atoms with Gasteiger partial charge in [-0.3, -0.25) is 0 Å². The van der Waals surface area contributed by atoms with Crippen molar-refractivity contribution in [2.24, 2.45) is 0 Å². The minimum absolute atomic E-state index is 0.231. The number of carbonyl (C=O) groups is 1. The monoisotopic (exact) mass is 272 g/mol. The average Bonchev–Trinajstić information content (AvgIpc) is 2.39. The van der Waals surface area contributed by atoms with Gasteiger partial charge in [-0.1, -0.05) is 38.1 Å². The Balaban J connectivity index is 2.29. The molecule has 2 aromatic rings. The van der Waals surface area contributed by atoms with E-state index in [9.17, 15) is 9.90 Å². The summed E-state index contributed by atoms with van der Waals surface area (Å²) in [6, 6.07) is 14.0. The Hall–Kier alpha value is -2.49. The van der Waals surface area contributed by atoms with Crippen molar-refractivity contribution in [3.63, 3.8) is 0 Å². The van der Waals surface area contributed by atoms with E-state index in [0.29, 0.717) is 5.75 Å². The van der Waals surface area contributed by atoms with Crippen LogP contribution in [0.2, 0.25) is 0 Å². The third-order valence-electron chi connectivity index (χ3n) is 3.37. The predicted molar refractivity (Wildman–Crippen MR) is 75.3 cm³/mol. The summed E-state index contributed by atoms with van der Waals surface area (Å²) in [4.78, 5) is 10.5. The highest BCUT2D eigenvalue weighted by Crippen LogP contribution is 2.33. The van der Waals surface area contributed by atoms with Gasteiger partial charge in [0.05, 0.1) is 0 Å². The molecular weight excluding hydrogens is 256 g/mol. The first-order valence-electron chi connectivity index (χ1n) is 6.20. The molecular formula is C16H16O4. The number of phenols is 1. The summed E-state index contributed by atoms with van der Waals surface area (Å²) in [5, 5.41) is 17.9. The summed E-state index contributed by atoms with van der Waals surface area (Å²) in [5.41, 5.74) is 1.83. The number of carboxylic acid groups (broad SMARTS) is 1. The van der Waals surface area contributed by atoms with E-state index >= 15 is 0 Å². The molecule has 0 bridgehead atoms. The summed E-state index contributed by atoms with van der Waals surface area (Å²) >= 11 is 0. The summed E-state index contributed by atoms with van der Waals surface area (Å²) in [6.45, 7) is 4.12. The van der Waals surface area contributed by atoms with Crippen molar-refractivity contribution in [1.29, 1.82) is 0 Å². The zero-order chi connectivity index (χ0) is 14.8. The Labute approximate surface area is 117 Å². The maximum Gasteiger partial charge on any atom is 0.511 e. The number of benzene rings is 2. The number of rotatable bonds is 3. The van der Waals surface area contributed by atoms with Crippen molar-refractivity contribution < 1.29 is 19.7 Å². The fourth-order valence-electron chi connectivity index (χ4n) is 2.09. The van der Waals surface area contributed by atoms with E-state index in [2.05, 4.69) is 18.6 Å². The first kappa shape index (κ1) is 13.9. The van der Waals surface area contributed by atoms with Crippen LogP contribution in [0.4, 0.5) is 4.79 Å². The summed E-state index contributed by atoms with van der Waals surface area (Å²) < 4.78 is 4.59. The van der Waals surface area contributed by atoms with Gasteiger partial charge in [-0.25, -0.2) is 4.79 Å². The molecule has 0 saturated heterocycles. The molecule has 0 heterocycles. The largest absolute Gasteiger partial charge is 0.511 e.